The lowest BCUT2D eigenvalue weighted by Gasteiger charge is -2.45. The number of nitrogens with zero attached hydrogens (tertiary/aromatic N) is 2. The van der Waals surface area contributed by atoms with Crippen molar-refractivity contribution in [3.05, 3.63) is 224 Å². The van der Waals surface area contributed by atoms with Crippen molar-refractivity contribution in [2.24, 2.45) is 0 Å². The first-order valence-corrected chi connectivity index (χ1v) is 21.2. The van der Waals surface area contributed by atoms with Gasteiger partial charge in [0.1, 0.15) is 0 Å². The van der Waals surface area contributed by atoms with E-state index in [1.54, 1.807) is 0 Å². The van der Waals surface area contributed by atoms with E-state index >= 15 is 0 Å². The van der Waals surface area contributed by atoms with Crippen molar-refractivity contribution in [3.8, 4) is 22.3 Å². The molecule has 0 amide bonds. The van der Waals surface area contributed by atoms with Crippen molar-refractivity contribution in [2.45, 2.75) is 0 Å². The second-order valence-corrected chi connectivity index (χ2v) is 16.4. The average Bonchev–Trinajstić information content (AvgIpc) is 3.34. The lowest BCUT2D eigenvalue weighted by atomic mass is 9.33. The van der Waals surface area contributed by atoms with Crippen LogP contribution in [0, 0.1) is 0 Å². The fourth-order valence-corrected chi connectivity index (χ4v) is 10.5. The summed E-state index contributed by atoms with van der Waals surface area (Å²) in [6, 6.07) is 83.2. The molecule has 0 aromatic heterocycles. The monoisotopic (exact) mass is 772 g/mol. The van der Waals surface area contributed by atoms with Gasteiger partial charge < -0.3 is 9.80 Å². The van der Waals surface area contributed by atoms with E-state index in [1.807, 2.05) is 0 Å². The molecule has 11 aromatic rings. The minimum absolute atomic E-state index is 0.0174. The molecule has 2 aliphatic rings. The molecule has 3 heteroatoms. The summed E-state index contributed by atoms with van der Waals surface area (Å²) in [5.74, 6) is 0. The van der Waals surface area contributed by atoms with Gasteiger partial charge in [0.25, 0.3) is 6.71 Å². The van der Waals surface area contributed by atoms with Crippen LogP contribution in [0.4, 0.5) is 34.1 Å². The molecule has 2 nitrogen and oxygen atoms in total. The maximum atomic E-state index is 2.56. The third-order valence-electron chi connectivity index (χ3n) is 13.2. The molecular formula is C58H37BN2. The summed E-state index contributed by atoms with van der Waals surface area (Å²) in [6.45, 7) is -0.0174. The van der Waals surface area contributed by atoms with Crippen LogP contribution in [0.2, 0.25) is 0 Å². The van der Waals surface area contributed by atoms with Gasteiger partial charge in [-0.25, -0.2) is 0 Å². The summed E-state index contributed by atoms with van der Waals surface area (Å²) in [6.07, 6.45) is 0. The first kappa shape index (κ1) is 34.0. The van der Waals surface area contributed by atoms with Crippen molar-refractivity contribution in [1.29, 1.82) is 0 Å². The van der Waals surface area contributed by atoms with E-state index in [2.05, 4.69) is 234 Å². The Balaban J connectivity index is 1.17. The molecular weight excluding hydrogens is 735 g/mol. The van der Waals surface area contributed by atoms with E-state index in [0.29, 0.717) is 0 Å². The van der Waals surface area contributed by atoms with Crippen LogP contribution >= 0.6 is 0 Å². The Morgan fingerprint density at radius 3 is 1.16 bits per heavy atom. The van der Waals surface area contributed by atoms with E-state index in [1.165, 1.54) is 104 Å². The molecule has 0 spiro atoms. The van der Waals surface area contributed by atoms with Crippen LogP contribution in [0.3, 0.4) is 0 Å². The highest BCUT2D eigenvalue weighted by Crippen LogP contribution is 2.49. The zero-order chi connectivity index (χ0) is 40.0. The summed E-state index contributed by atoms with van der Waals surface area (Å²) in [5, 5.41) is 10.1. The highest BCUT2D eigenvalue weighted by molar-refractivity contribution is 7.00. The number of hydrogen-bond acceptors (Lipinski definition) is 2. The lowest BCUT2D eigenvalue weighted by molar-refractivity contribution is 1.27. The van der Waals surface area contributed by atoms with Crippen molar-refractivity contribution in [2.75, 3.05) is 9.80 Å². The Bertz CT molecular complexity index is 3340. The van der Waals surface area contributed by atoms with E-state index in [-0.39, 0.29) is 6.71 Å². The molecule has 0 radical (unpaired) electrons. The minimum Gasteiger partial charge on any atom is -0.311 e. The normalized spacial score (nSPS) is 12.8. The van der Waals surface area contributed by atoms with Crippen LogP contribution < -0.4 is 26.2 Å². The molecule has 0 aliphatic carbocycles. The SMILES string of the molecule is c1ccc(-c2ccc(-c3cc4c5c(c3)N(c3ccccc3)c3c(ccc6c3ccc3ccccc36)B5c3ccc5c(ccc6ccccc65)c3N4c3ccccc3)cc2)cc1. The number of fused-ring (bicyclic) bond motifs is 12. The highest BCUT2D eigenvalue weighted by atomic mass is 15.2. The molecule has 0 saturated heterocycles. The second-order valence-electron chi connectivity index (χ2n) is 16.4. The van der Waals surface area contributed by atoms with Gasteiger partial charge in [-0.1, -0.05) is 188 Å². The molecule has 0 atom stereocenters. The van der Waals surface area contributed by atoms with Gasteiger partial charge in [0.2, 0.25) is 0 Å². The topological polar surface area (TPSA) is 6.48 Å². The predicted molar refractivity (Wildman–Crippen MR) is 261 cm³/mol. The van der Waals surface area contributed by atoms with Crippen molar-refractivity contribution < 1.29 is 0 Å². The Morgan fingerprint density at radius 1 is 0.279 bits per heavy atom. The van der Waals surface area contributed by atoms with Crippen LogP contribution in [-0.2, 0) is 0 Å². The van der Waals surface area contributed by atoms with Crippen LogP contribution in [0.15, 0.2) is 224 Å². The number of anilines is 6. The second kappa shape index (κ2) is 13.3. The summed E-state index contributed by atoms with van der Waals surface area (Å²) >= 11 is 0. The first-order chi connectivity index (χ1) is 30.3. The van der Waals surface area contributed by atoms with Gasteiger partial charge in [-0.3, -0.25) is 0 Å². The number of rotatable bonds is 4. The molecule has 0 bridgehead atoms. The Kier molecular flexibility index (Phi) is 7.43. The smallest absolute Gasteiger partial charge is 0.252 e. The maximum absolute atomic E-state index is 2.56. The van der Waals surface area contributed by atoms with Crippen LogP contribution in [0.25, 0.3) is 65.3 Å². The van der Waals surface area contributed by atoms with Gasteiger partial charge in [0.05, 0.1) is 0 Å². The van der Waals surface area contributed by atoms with Crippen LogP contribution in [0.1, 0.15) is 0 Å². The third-order valence-corrected chi connectivity index (χ3v) is 13.2. The average molecular weight is 773 g/mol. The zero-order valence-electron chi connectivity index (χ0n) is 33.3. The fourth-order valence-electron chi connectivity index (χ4n) is 10.5. The molecule has 282 valence electrons. The van der Waals surface area contributed by atoms with Gasteiger partial charge >= 0.3 is 0 Å². The summed E-state index contributed by atoms with van der Waals surface area (Å²) in [4.78, 5) is 5.12. The quantitative estimate of drug-likeness (QED) is 0.130. The lowest BCUT2D eigenvalue weighted by Crippen LogP contribution is -2.61. The number of para-hydroxylation sites is 2. The number of benzene rings is 11. The Morgan fingerprint density at radius 2 is 0.672 bits per heavy atom. The van der Waals surface area contributed by atoms with E-state index < -0.39 is 0 Å². The van der Waals surface area contributed by atoms with E-state index in [0.717, 1.165) is 11.4 Å². The van der Waals surface area contributed by atoms with Gasteiger partial charge in [-0.2, -0.15) is 0 Å². The molecule has 0 saturated carbocycles. The van der Waals surface area contributed by atoms with E-state index in [4.69, 9.17) is 0 Å². The summed E-state index contributed by atoms with van der Waals surface area (Å²) < 4.78 is 0. The van der Waals surface area contributed by atoms with E-state index in [9.17, 15) is 0 Å². The molecule has 61 heavy (non-hydrogen) atoms. The van der Waals surface area contributed by atoms with Crippen molar-refractivity contribution in [3.63, 3.8) is 0 Å². The maximum Gasteiger partial charge on any atom is 0.252 e. The van der Waals surface area contributed by atoms with Gasteiger partial charge in [-0.05, 0) is 107 Å². The number of hydrogen-bond donors (Lipinski definition) is 0. The van der Waals surface area contributed by atoms with Crippen LogP contribution in [-0.4, -0.2) is 6.71 Å². The van der Waals surface area contributed by atoms with Crippen LogP contribution in [0.5, 0.6) is 0 Å². The third kappa shape index (κ3) is 5.11. The molecule has 11 aromatic carbocycles. The van der Waals surface area contributed by atoms with Crippen molar-refractivity contribution in [1.82, 2.24) is 0 Å². The fraction of sp³-hybridized carbons (Fsp3) is 0. The minimum atomic E-state index is -0.0174. The molecule has 2 aliphatic heterocycles. The standard InChI is InChI=1S/C58H37BN2/c1-4-14-38(15-5-1)39-24-26-40(27-25-39)43-36-54-56-55(37-43)61(45-20-8-3-9-21-45)58-51-31-29-42-17-11-13-23-47(42)49(51)33-35-53(58)59(56)52-34-32-48-46-22-12-10-16-41(46)28-30-50(48)57(52)60(54)44-18-6-2-7-19-44/h1-37H. The Labute approximate surface area is 355 Å². The summed E-state index contributed by atoms with van der Waals surface area (Å²) in [5.41, 5.74) is 15.9. The highest BCUT2D eigenvalue weighted by Gasteiger charge is 2.44. The molecule has 13 rings (SSSR count). The van der Waals surface area contributed by atoms with Gasteiger partial charge in [-0.15, -0.1) is 0 Å². The van der Waals surface area contributed by atoms with Crippen molar-refractivity contribution >= 4 is 100 Å². The molecule has 0 fully saturated rings. The molecule has 0 N–H and O–H groups in total. The first-order valence-electron chi connectivity index (χ1n) is 21.2. The molecule has 2 heterocycles. The van der Waals surface area contributed by atoms with Gasteiger partial charge in [0.15, 0.2) is 0 Å². The zero-order valence-corrected chi connectivity index (χ0v) is 33.3. The predicted octanol–water partition coefficient (Wildman–Crippen LogP) is 13.7. The Hall–Kier alpha value is -7.88. The summed E-state index contributed by atoms with van der Waals surface area (Å²) in [7, 11) is 0. The largest absolute Gasteiger partial charge is 0.311 e. The molecule has 0 unspecified atom stereocenters. The van der Waals surface area contributed by atoms with Gasteiger partial charge in [0, 0.05) is 44.9 Å².